The summed E-state index contributed by atoms with van der Waals surface area (Å²) in [5.41, 5.74) is 3.46. The molecule has 0 radical (unpaired) electrons. The van der Waals surface area contributed by atoms with E-state index in [1.165, 1.54) is 11.8 Å². The van der Waals surface area contributed by atoms with Gasteiger partial charge >= 0.3 is 0 Å². The number of para-hydroxylation sites is 2. The van der Waals surface area contributed by atoms with Gasteiger partial charge in [-0.15, -0.1) is 0 Å². The maximum Gasteiger partial charge on any atom is 0.283 e. The van der Waals surface area contributed by atoms with Crippen molar-refractivity contribution in [1.82, 2.24) is 4.90 Å². The minimum atomic E-state index is -0.253. The number of ketones is 1. The van der Waals surface area contributed by atoms with Crippen LogP contribution in [0.4, 0.5) is 11.4 Å². The number of ether oxygens (including phenoxy) is 1. The number of Topliss-reactive ketones (excluding diaryl/α,β-unsaturated/α-hetero) is 1. The molecule has 1 fully saturated rings. The Labute approximate surface area is 237 Å². The Morgan fingerprint density at radius 1 is 0.900 bits per heavy atom. The Bertz CT molecular complexity index is 1460. The van der Waals surface area contributed by atoms with Crippen molar-refractivity contribution < 1.29 is 19.1 Å². The van der Waals surface area contributed by atoms with Crippen molar-refractivity contribution in [2.45, 2.75) is 6.92 Å². The number of hydrogen-bond donors (Lipinski definition) is 0. The Balaban J connectivity index is 1.27. The molecule has 0 aliphatic carbocycles. The molecule has 3 aromatic rings. The number of methoxy groups -OCH3 is 1. The minimum Gasteiger partial charge on any atom is -0.496 e. The molecule has 0 atom stereocenters. The van der Waals surface area contributed by atoms with Gasteiger partial charge < -0.3 is 14.5 Å². The van der Waals surface area contributed by atoms with E-state index in [0.29, 0.717) is 48.3 Å². The zero-order valence-electron chi connectivity index (χ0n) is 22.4. The van der Waals surface area contributed by atoms with Crippen LogP contribution < -0.4 is 14.5 Å². The lowest BCUT2D eigenvalue weighted by Gasteiger charge is -2.36. The molecule has 0 saturated carbocycles. The molecule has 40 heavy (non-hydrogen) atoms. The van der Waals surface area contributed by atoms with Crippen molar-refractivity contribution in [3.8, 4) is 5.75 Å². The van der Waals surface area contributed by atoms with Gasteiger partial charge in [0.2, 0.25) is 5.91 Å². The molecule has 2 amide bonds. The number of rotatable bonds is 7. The van der Waals surface area contributed by atoms with Crippen molar-refractivity contribution in [3.63, 3.8) is 0 Å². The maximum atomic E-state index is 13.5. The summed E-state index contributed by atoms with van der Waals surface area (Å²) in [6, 6.07) is 24.4. The Kier molecular flexibility index (Phi) is 8.31. The van der Waals surface area contributed by atoms with E-state index in [0.717, 1.165) is 11.3 Å². The fourth-order valence-corrected chi connectivity index (χ4v) is 5.58. The lowest BCUT2D eigenvalue weighted by atomic mass is 10.1. The number of piperazine rings is 1. The molecule has 0 spiro atoms. The summed E-state index contributed by atoms with van der Waals surface area (Å²) in [5.74, 6) is 0.610. The molecule has 204 valence electrons. The smallest absolute Gasteiger partial charge is 0.283 e. The van der Waals surface area contributed by atoms with Crippen LogP contribution in [-0.2, 0) is 9.59 Å². The number of thioether (sulfide) groups is 1. The highest BCUT2D eigenvalue weighted by molar-refractivity contribution is 8.14. The van der Waals surface area contributed by atoms with Crippen molar-refractivity contribution in [2.75, 3.05) is 48.8 Å². The molecule has 0 N–H and O–H groups in total. The summed E-state index contributed by atoms with van der Waals surface area (Å²) >= 11 is 1.26. The number of amidine groups is 1. The van der Waals surface area contributed by atoms with Gasteiger partial charge in [-0.2, -0.15) is 0 Å². The van der Waals surface area contributed by atoms with E-state index in [2.05, 4.69) is 9.89 Å². The highest BCUT2D eigenvalue weighted by Gasteiger charge is 2.33. The number of amides is 2. The molecular formula is C31H30N4O4S. The van der Waals surface area contributed by atoms with Crippen LogP contribution in [0.5, 0.6) is 5.75 Å². The summed E-state index contributed by atoms with van der Waals surface area (Å²) in [6.07, 6.45) is 1.72. The van der Waals surface area contributed by atoms with Crippen LogP contribution in [0.2, 0.25) is 0 Å². The van der Waals surface area contributed by atoms with Crippen LogP contribution in [0.1, 0.15) is 22.8 Å². The van der Waals surface area contributed by atoms with E-state index in [-0.39, 0.29) is 29.0 Å². The monoisotopic (exact) mass is 554 g/mol. The lowest BCUT2D eigenvalue weighted by Crippen LogP contribution is -2.49. The zero-order valence-corrected chi connectivity index (χ0v) is 23.3. The number of hydrogen-bond acceptors (Lipinski definition) is 7. The van der Waals surface area contributed by atoms with Crippen LogP contribution in [-0.4, -0.2) is 66.7 Å². The minimum absolute atomic E-state index is 0.00176. The van der Waals surface area contributed by atoms with Gasteiger partial charge in [0.15, 0.2) is 11.0 Å². The zero-order chi connectivity index (χ0) is 28.1. The summed E-state index contributed by atoms with van der Waals surface area (Å²) in [7, 11) is 1.59. The molecule has 0 aromatic heterocycles. The number of aliphatic imine (C=N–C) groups is 1. The number of nitrogens with zero attached hydrogens (tertiary/aromatic N) is 4. The highest BCUT2D eigenvalue weighted by atomic mass is 32.2. The molecule has 2 aliphatic rings. The number of anilines is 2. The third-order valence-electron chi connectivity index (χ3n) is 6.87. The van der Waals surface area contributed by atoms with Crippen molar-refractivity contribution in [1.29, 1.82) is 0 Å². The number of carbonyl (C=O) groups excluding carboxylic acids is 3. The van der Waals surface area contributed by atoms with Crippen LogP contribution in [0.3, 0.4) is 0 Å². The Morgan fingerprint density at radius 2 is 1.57 bits per heavy atom. The SMILES string of the molecule is COc1ccccc1C=C1N=C(SCC(=O)N2CCN(c3ccc(C(C)=O)cc3)CC2)N(c2ccccc2)C1=O. The molecule has 3 aromatic carbocycles. The van der Waals surface area contributed by atoms with Gasteiger partial charge in [-0.05, 0) is 55.5 Å². The van der Waals surface area contributed by atoms with Gasteiger partial charge in [-0.25, -0.2) is 4.99 Å². The second-order valence-electron chi connectivity index (χ2n) is 9.40. The van der Waals surface area contributed by atoms with Crippen molar-refractivity contribution in [3.05, 3.63) is 95.7 Å². The van der Waals surface area contributed by atoms with E-state index < -0.39 is 0 Å². The van der Waals surface area contributed by atoms with Gasteiger partial charge in [0, 0.05) is 43.0 Å². The van der Waals surface area contributed by atoms with E-state index >= 15 is 0 Å². The lowest BCUT2D eigenvalue weighted by molar-refractivity contribution is -0.128. The molecule has 9 heteroatoms. The largest absolute Gasteiger partial charge is 0.496 e. The standard InChI is InChI=1S/C31H30N4O4S/c1-22(36)23-12-14-25(15-13-23)33-16-18-34(19-17-33)29(37)21-40-31-32-27(20-24-8-6-7-11-28(24)39-2)30(38)35(31)26-9-4-3-5-10-26/h3-15,20H,16-19,21H2,1-2H3. The summed E-state index contributed by atoms with van der Waals surface area (Å²) in [4.78, 5) is 48.4. The van der Waals surface area contributed by atoms with Crippen LogP contribution in [0, 0.1) is 0 Å². The van der Waals surface area contributed by atoms with Gasteiger partial charge in [0.1, 0.15) is 11.4 Å². The first kappa shape index (κ1) is 27.2. The van der Waals surface area contributed by atoms with Gasteiger partial charge in [-0.3, -0.25) is 19.3 Å². The third-order valence-corrected chi connectivity index (χ3v) is 7.79. The normalized spacial score (nSPS) is 16.4. The fraction of sp³-hybridized carbons (Fsp3) is 0.226. The van der Waals surface area contributed by atoms with Crippen LogP contribution >= 0.6 is 11.8 Å². The second kappa shape index (κ2) is 12.2. The predicted octanol–water partition coefficient (Wildman–Crippen LogP) is 4.72. The van der Waals surface area contributed by atoms with E-state index in [4.69, 9.17) is 4.74 Å². The number of carbonyl (C=O) groups is 3. The summed E-state index contributed by atoms with van der Waals surface area (Å²) < 4.78 is 5.44. The highest BCUT2D eigenvalue weighted by Crippen LogP contribution is 2.31. The number of benzene rings is 3. The molecule has 0 unspecified atom stereocenters. The molecule has 8 nitrogen and oxygen atoms in total. The molecule has 0 bridgehead atoms. The molecular weight excluding hydrogens is 524 g/mol. The molecule has 5 rings (SSSR count). The Morgan fingerprint density at radius 3 is 2.25 bits per heavy atom. The average Bonchev–Trinajstić information content (AvgIpc) is 3.31. The first-order valence-corrected chi connectivity index (χ1v) is 14.0. The first-order chi connectivity index (χ1) is 19.4. The van der Waals surface area contributed by atoms with Gasteiger partial charge in [0.25, 0.3) is 5.91 Å². The summed E-state index contributed by atoms with van der Waals surface area (Å²) in [6.45, 7) is 4.16. The molecule has 2 heterocycles. The average molecular weight is 555 g/mol. The van der Waals surface area contributed by atoms with Crippen molar-refractivity contribution >= 4 is 52.0 Å². The van der Waals surface area contributed by atoms with Gasteiger partial charge in [0.05, 0.1) is 18.6 Å². The van der Waals surface area contributed by atoms with Gasteiger partial charge in [-0.1, -0.05) is 48.2 Å². The van der Waals surface area contributed by atoms with E-state index in [1.54, 1.807) is 25.0 Å². The molecule has 2 aliphatic heterocycles. The maximum absolute atomic E-state index is 13.5. The van der Waals surface area contributed by atoms with E-state index in [1.807, 2.05) is 83.8 Å². The quantitative estimate of drug-likeness (QED) is 0.311. The van der Waals surface area contributed by atoms with Crippen molar-refractivity contribution in [2.24, 2.45) is 4.99 Å². The topological polar surface area (TPSA) is 82.5 Å². The predicted molar refractivity (Wildman–Crippen MR) is 160 cm³/mol. The van der Waals surface area contributed by atoms with E-state index in [9.17, 15) is 14.4 Å². The second-order valence-corrected chi connectivity index (χ2v) is 10.3. The summed E-state index contributed by atoms with van der Waals surface area (Å²) in [5, 5.41) is 0.467. The first-order valence-electron chi connectivity index (χ1n) is 13.0. The third kappa shape index (κ3) is 5.94. The van der Waals surface area contributed by atoms with Crippen LogP contribution in [0.25, 0.3) is 6.08 Å². The van der Waals surface area contributed by atoms with Crippen LogP contribution in [0.15, 0.2) is 89.6 Å². The Hall–Kier alpha value is -4.37. The fourth-order valence-electron chi connectivity index (χ4n) is 4.67. The molecule has 1 saturated heterocycles.